The first-order chi connectivity index (χ1) is 45.4. The average molecular weight is 1580 g/mol. The van der Waals surface area contributed by atoms with E-state index in [1.807, 2.05) is 273 Å². The average Bonchev–Trinajstić information content (AvgIpc) is 0.773. The Morgan fingerprint density at radius 1 is 0.326 bits per heavy atom. The van der Waals surface area contributed by atoms with Crippen molar-refractivity contribution >= 4 is 46.1 Å². The molecule has 6 nitrogen and oxygen atoms in total. The van der Waals surface area contributed by atoms with Gasteiger partial charge >= 0.3 is 0 Å². The Morgan fingerprint density at radius 2 is 0.728 bits per heavy atom. The fourth-order valence-electron chi connectivity index (χ4n) is 10.2. The summed E-state index contributed by atoms with van der Waals surface area (Å²) in [5.41, 5.74) is 12.4. The van der Waals surface area contributed by atoms with Gasteiger partial charge in [-0.2, -0.15) is 0 Å². The predicted molar refractivity (Wildman–Crippen MR) is 373 cm³/mol. The van der Waals surface area contributed by atoms with Crippen LogP contribution >= 0.6 is 14.3 Å². The van der Waals surface area contributed by atoms with Crippen LogP contribution in [0.25, 0.3) is 67.3 Å². The Hall–Kier alpha value is -9.44. The van der Waals surface area contributed by atoms with E-state index in [4.69, 9.17) is 4.11 Å². The van der Waals surface area contributed by atoms with Crippen LogP contribution in [-0.2, 0) is 49.3 Å². The molecule has 0 aliphatic heterocycles. The van der Waals surface area contributed by atoms with Gasteiger partial charge in [-0.05, 0) is 70.9 Å². The summed E-state index contributed by atoms with van der Waals surface area (Å²) in [6.45, 7) is -0.103. The molecule has 10 aromatic carbocycles. The molecule has 4 aromatic heterocycles. The van der Waals surface area contributed by atoms with Crippen molar-refractivity contribution in [2.75, 3.05) is 0 Å². The minimum atomic E-state index is -3.03. The molecule has 0 unspecified atom stereocenters. The van der Waals surface area contributed by atoms with Crippen molar-refractivity contribution in [2.24, 2.45) is 0 Å². The number of benzene rings is 10. The summed E-state index contributed by atoms with van der Waals surface area (Å²) >= 11 is 0. The number of hydrogen-bond acceptors (Lipinski definition) is 6. The molecule has 0 aliphatic carbocycles. The van der Waals surface area contributed by atoms with Crippen molar-refractivity contribution in [3.8, 4) is 67.3 Å². The normalized spacial score (nSPS) is 11.2. The molecule has 14 rings (SSSR count). The van der Waals surface area contributed by atoms with Gasteiger partial charge in [0, 0.05) is 89.8 Å². The van der Waals surface area contributed by atoms with E-state index in [-0.39, 0.29) is 45.9 Å². The number of aromatic nitrogens is 4. The van der Waals surface area contributed by atoms with Gasteiger partial charge < -0.3 is 29.1 Å². The zero-order valence-electron chi connectivity index (χ0n) is 53.0. The molecule has 14 aromatic rings. The molecule has 0 bridgehead atoms. The van der Waals surface area contributed by atoms with Crippen LogP contribution in [0.1, 0.15) is 15.4 Å². The van der Waals surface area contributed by atoms with Gasteiger partial charge in [-0.3, -0.25) is 0 Å². The van der Waals surface area contributed by atoms with Crippen LogP contribution < -0.4 is 31.8 Å². The van der Waals surface area contributed by atoms with E-state index in [1.54, 1.807) is 18.2 Å². The van der Waals surface area contributed by atoms with Crippen LogP contribution in [0.3, 0.4) is 0 Å². The maximum Gasteiger partial charge on any atom is 0.153 e. The minimum absolute atomic E-state index is 0. The fraction of sp³-hybridized carbons (Fsp3) is 0.0244. The van der Waals surface area contributed by atoms with Crippen LogP contribution in [-0.4, -0.2) is 19.9 Å². The van der Waals surface area contributed by atoms with Gasteiger partial charge in [0.2, 0.25) is 0 Å². The minimum Gasteiger partial charge on any atom is -0.310 e. The summed E-state index contributed by atoms with van der Waals surface area (Å²) < 4.78 is 51.1. The van der Waals surface area contributed by atoms with E-state index >= 15 is 0 Å². The predicted octanol–water partition coefficient (Wildman–Crippen LogP) is 17.4. The second-order valence-electron chi connectivity index (χ2n) is 20.7. The van der Waals surface area contributed by atoms with Crippen molar-refractivity contribution in [3.05, 3.63) is 376 Å². The van der Waals surface area contributed by atoms with Crippen LogP contribution in [0.2, 0.25) is 0 Å². The third kappa shape index (κ3) is 16.5. The summed E-state index contributed by atoms with van der Waals surface area (Å²) in [6.07, 6.45) is 5.56. The third-order valence-electron chi connectivity index (χ3n) is 14.8. The van der Waals surface area contributed by atoms with Gasteiger partial charge in [-0.15, -0.1) is 131 Å². The van der Waals surface area contributed by atoms with Crippen molar-refractivity contribution in [1.29, 1.82) is 0 Å². The van der Waals surface area contributed by atoms with E-state index in [0.29, 0.717) is 5.69 Å². The molecule has 10 heteroatoms. The van der Waals surface area contributed by atoms with Gasteiger partial charge in [0.05, 0.1) is 0 Å². The van der Waals surface area contributed by atoms with E-state index in [0.717, 1.165) is 93.4 Å². The topological polar surface area (TPSA) is 85.7 Å². The van der Waals surface area contributed by atoms with Gasteiger partial charge in [0.1, 0.15) is 0 Å². The van der Waals surface area contributed by atoms with Crippen LogP contribution in [0.5, 0.6) is 0 Å². The van der Waals surface area contributed by atoms with E-state index in [9.17, 15) is 9.13 Å². The molecule has 92 heavy (non-hydrogen) atoms. The molecule has 2 radical (unpaired) electrons. The van der Waals surface area contributed by atoms with E-state index in [1.165, 1.54) is 11.6 Å². The van der Waals surface area contributed by atoms with Gasteiger partial charge in [0.15, 0.2) is 14.3 Å². The Kier molecular flexibility index (Phi) is 22.5. The Bertz CT molecular complexity index is 4460. The number of rotatable bonds is 12. The van der Waals surface area contributed by atoms with Crippen LogP contribution in [0.15, 0.2) is 340 Å². The summed E-state index contributed by atoms with van der Waals surface area (Å²) in [5.74, 6) is 0. The molecular formula is C82H62Ir2N4O2P2-4. The van der Waals surface area contributed by atoms with Gasteiger partial charge in [-0.25, -0.2) is 0 Å². The summed E-state index contributed by atoms with van der Waals surface area (Å²) in [6, 6.07) is 116. The first kappa shape index (κ1) is 62.7. The Balaban J connectivity index is 0.000000157. The number of nitrogens with zero attached hydrogens (tertiary/aromatic N) is 4. The number of aryl methyl sites for hydroxylation is 2. The SMILES string of the molecule is Cc1cccnc1-c1[c-]cccc1.O=P(c1ccccc1)(c1ccccc1)c1cc[c-]c(-c2ccc(-c3ccccc3)cn2)c1.O=P(c1ccccc1)(c1ccccc1)c1cc[c-]c(-c2ccc(-c3ccccc3)cn2)c1.[2H]C([2H])([2H])c1cccc(-c2[c-]cccc2)n1.[Ir].[Ir]. The fourth-order valence-corrected chi connectivity index (χ4v) is 15.5. The van der Waals surface area contributed by atoms with Crippen molar-refractivity contribution in [2.45, 2.75) is 13.8 Å². The zero-order chi connectivity index (χ0) is 64.3. The monoisotopic (exact) mass is 1590 g/mol. The maximum atomic E-state index is 14.6. The second-order valence-corrected chi connectivity index (χ2v) is 26.2. The van der Waals surface area contributed by atoms with Gasteiger partial charge in [0.25, 0.3) is 0 Å². The molecule has 0 atom stereocenters. The largest absolute Gasteiger partial charge is 0.310 e. The Morgan fingerprint density at radius 3 is 1.11 bits per heavy atom. The van der Waals surface area contributed by atoms with Crippen molar-refractivity contribution in [1.82, 2.24) is 19.9 Å². The van der Waals surface area contributed by atoms with Crippen LogP contribution in [0, 0.1) is 38.0 Å². The molecule has 0 saturated heterocycles. The van der Waals surface area contributed by atoms with Crippen molar-refractivity contribution in [3.63, 3.8) is 0 Å². The first-order valence-corrected chi connectivity index (χ1v) is 32.7. The first-order valence-electron chi connectivity index (χ1n) is 30.8. The zero-order valence-corrected chi connectivity index (χ0v) is 56.6. The standard InChI is InChI=1S/2C29H21NOP.2C12H10N.2Ir/c2*31-32(26-14-6-2-7-15-26,27-16-8-3-9-17-27)28-18-10-13-24(21-28)29-20-19-25(22-30-29)23-11-4-1-5-12-23;1-10-6-5-9-13-12(10)11-7-3-2-4-8-11;1-10-6-5-9-12(13-10)11-7-3-2-4-8-11;;/h2*1-12,14-22H;2*2-7,9H,1H3;;/q4*-1;;/i;;;1D3;;. The molecule has 0 aliphatic rings. The molecule has 0 saturated carbocycles. The van der Waals surface area contributed by atoms with E-state index in [2.05, 4.69) is 93.6 Å². The Labute approximate surface area is 572 Å². The second kappa shape index (κ2) is 33.0. The molecule has 0 spiro atoms. The van der Waals surface area contributed by atoms with Crippen LogP contribution in [0.4, 0.5) is 0 Å². The summed E-state index contributed by atoms with van der Waals surface area (Å²) in [5, 5.41) is 4.81. The molecular weight excluding hydrogens is 1520 g/mol. The summed E-state index contributed by atoms with van der Waals surface area (Å²) in [7, 11) is -6.06. The maximum absolute atomic E-state index is 14.6. The molecule has 0 amide bonds. The molecule has 454 valence electrons. The van der Waals surface area contributed by atoms with Gasteiger partial charge in [-0.1, -0.05) is 241 Å². The summed E-state index contributed by atoms with van der Waals surface area (Å²) in [4.78, 5) is 17.8. The molecule has 0 fully saturated rings. The number of pyridine rings is 4. The number of hydrogen-bond donors (Lipinski definition) is 0. The molecule has 4 heterocycles. The van der Waals surface area contributed by atoms with E-state index < -0.39 is 21.1 Å². The molecule has 0 N–H and O–H groups in total. The smallest absolute Gasteiger partial charge is 0.153 e. The third-order valence-corrected chi connectivity index (χ3v) is 20.9. The van der Waals surface area contributed by atoms with Crippen molar-refractivity contribution < 1.29 is 53.5 Å². The quantitative estimate of drug-likeness (QED) is 0.0895.